The number of carbonyl (C=O) groups excluding carboxylic acids is 2. The van der Waals surface area contributed by atoms with Crippen LogP contribution in [0.25, 0.3) is 0 Å². The highest BCUT2D eigenvalue weighted by molar-refractivity contribution is 9.09. The Kier molecular flexibility index (Phi) is 6.21. The molecule has 98 valence electrons. The molecule has 18 heavy (non-hydrogen) atoms. The second-order valence-corrected chi connectivity index (χ2v) is 4.43. The number of primary amides is 1. The molecule has 0 atom stereocenters. The number of benzene rings is 1. The Hall–Kier alpha value is -1.56. The molecule has 0 aliphatic carbocycles. The quantitative estimate of drug-likeness (QED) is 0.366. The normalized spacial score (nSPS) is 9.83. The molecule has 1 rings (SSSR count). The van der Waals surface area contributed by atoms with Crippen molar-refractivity contribution in [1.82, 2.24) is 0 Å². The Labute approximate surface area is 114 Å². The molecule has 6 heteroatoms. The van der Waals surface area contributed by atoms with E-state index in [0.717, 1.165) is 18.2 Å². The Morgan fingerprint density at radius 1 is 1.22 bits per heavy atom. The summed E-state index contributed by atoms with van der Waals surface area (Å²) in [7, 11) is 0. The van der Waals surface area contributed by atoms with Crippen molar-refractivity contribution in [3.05, 3.63) is 24.3 Å². The molecule has 0 radical (unpaired) electrons. The summed E-state index contributed by atoms with van der Waals surface area (Å²) in [5, 5.41) is 3.30. The van der Waals surface area contributed by atoms with E-state index < -0.39 is 6.03 Å². The van der Waals surface area contributed by atoms with Crippen LogP contribution >= 0.6 is 15.9 Å². The maximum Gasteiger partial charge on any atom is 0.316 e. The van der Waals surface area contributed by atoms with Crippen LogP contribution in [0.3, 0.4) is 0 Å². The number of urea groups is 1. The lowest BCUT2D eigenvalue weighted by molar-refractivity contribution is -0.134. The Bertz CT molecular complexity index is 406. The molecule has 0 aliphatic heterocycles. The molecule has 0 aliphatic rings. The number of rotatable bonds is 6. The van der Waals surface area contributed by atoms with Crippen LogP contribution in [0.5, 0.6) is 5.75 Å². The average molecular weight is 315 g/mol. The molecular weight excluding hydrogens is 300 g/mol. The maximum atomic E-state index is 11.4. The van der Waals surface area contributed by atoms with E-state index in [2.05, 4.69) is 21.2 Å². The van der Waals surface area contributed by atoms with Crippen molar-refractivity contribution < 1.29 is 14.3 Å². The fourth-order valence-corrected chi connectivity index (χ4v) is 1.69. The summed E-state index contributed by atoms with van der Waals surface area (Å²) in [6, 6.07) is 5.81. The van der Waals surface area contributed by atoms with E-state index in [-0.39, 0.29) is 5.97 Å². The number of anilines is 1. The first-order valence-corrected chi connectivity index (χ1v) is 6.67. The van der Waals surface area contributed by atoms with Gasteiger partial charge in [0.2, 0.25) is 0 Å². The molecule has 0 aromatic heterocycles. The molecule has 0 heterocycles. The van der Waals surface area contributed by atoms with E-state index >= 15 is 0 Å². The SMILES string of the molecule is NC(=O)Nc1ccc(OC(=O)CCCCBr)cc1. The van der Waals surface area contributed by atoms with Gasteiger partial charge in [0.1, 0.15) is 5.75 Å². The van der Waals surface area contributed by atoms with Crippen LogP contribution in [0, 0.1) is 0 Å². The summed E-state index contributed by atoms with van der Waals surface area (Å²) in [6.07, 6.45) is 2.13. The van der Waals surface area contributed by atoms with Crippen LogP contribution in [0.15, 0.2) is 24.3 Å². The molecule has 5 nitrogen and oxygen atoms in total. The summed E-state index contributed by atoms with van der Waals surface area (Å²) in [4.78, 5) is 22.0. The van der Waals surface area contributed by atoms with Crippen molar-refractivity contribution in [2.75, 3.05) is 10.6 Å². The zero-order valence-electron chi connectivity index (χ0n) is 9.82. The Balaban J connectivity index is 2.43. The molecule has 0 fully saturated rings. The smallest absolute Gasteiger partial charge is 0.316 e. The number of amides is 2. The minimum absolute atomic E-state index is 0.258. The number of alkyl halides is 1. The van der Waals surface area contributed by atoms with Crippen molar-refractivity contribution in [2.24, 2.45) is 5.73 Å². The number of hydrogen-bond acceptors (Lipinski definition) is 3. The van der Waals surface area contributed by atoms with Crippen molar-refractivity contribution in [3.63, 3.8) is 0 Å². The maximum absolute atomic E-state index is 11.4. The number of unbranched alkanes of at least 4 members (excludes halogenated alkanes) is 1. The van der Waals surface area contributed by atoms with Crippen LogP contribution in [-0.2, 0) is 4.79 Å². The van der Waals surface area contributed by atoms with Gasteiger partial charge < -0.3 is 15.8 Å². The first-order valence-electron chi connectivity index (χ1n) is 5.55. The van der Waals surface area contributed by atoms with E-state index in [9.17, 15) is 9.59 Å². The van der Waals surface area contributed by atoms with E-state index in [1.54, 1.807) is 24.3 Å². The molecule has 0 unspecified atom stereocenters. The minimum Gasteiger partial charge on any atom is -0.427 e. The van der Waals surface area contributed by atoms with Crippen LogP contribution in [0.1, 0.15) is 19.3 Å². The largest absolute Gasteiger partial charge is 0.427 e. The van der Waals surface area contributed by atoms with Crippen LogP contribution in [-0.4, -0.2) is 17.3 Å². The number of carbonyl (C=O) groups is 2. The molecule has 0 spiro atoms. The van der Waals surface area contributed by atoms with Gasteiger partial charge in [0, 0.05) is 17.4 Å². The number of halogens is 1. The van der Waals surface area contributed by atoms with Crippen molar-refractivity contribution in [2.45, 2.75) is 19.3 Å². The molecular formula is C12H15BrN2O3. The third-order valence-corrected chi connectivity index (χ3v) is 2.68. The third-order valence-electron chi connectivity index (χ3n) is 2.12. The first-order chi connectivity index (χ1) is 8.61. The summed E-state index contributed by atoms with van der Waals surface area (Å²) in [6.45, 7) is 0. The summed E-state index contributed by atoms with van der Waals surface area (Å²) in [5.74, 6) is 0.195. The highest BCUT2D eigenvalue weighted by Gasteiger charge is 2.04. The average Bonchev–Trinajstić information content (AvgIpc) is 2.31. The standard InChI is InChI=1S/C12H15BrN2O3/c13-8-2-1-3-11(16)18-10-6-4-9(5-7-10)15-12(14)17/h4-7H,1-3,8H2,(H3,14,15,17). The van der Waals surface area contributed by atoms with Gasteiger partial charge in [-0.05, 0) is 37.1 Å². The second kappa shape index (κ2) is 7.71. The predicted molar refractivity (Wildman–Crippen MR) is 72.9 cm³/mol. The predicted octanol–water partition coefficient (Wildman–Crippen LogP) is 2.65. The summed E-state index contributed by atoms with van der Waals surface area (Å²) < 4.78 is 5.12. The van der Waals surface area contributed by atoms with Crippen LogP contribution in [0.4, 0.5) is 10.5 Å². The van der Waals surface area contributed by atoms with Crippen molar-refractivity contribution in [3.8, 4) is 5.75 Å². The van der Waals surface area contributed by atoms with Gasteiger partial charge in [-0.15, -0.1) is 0 Å². The molecule has 0 saturated heterocycles. The number of hydrogen-bond donors (Lipinski definition) is 2. The Morgan fingerprint density at radius 2 is 1.89 bits per heavy atom. The highest BCUT2D eigenvalue weighted by atomic mass is 79.9. The fourth-order valence-electron chi connectivity index (χ4n) is 1.29. The van der Waals surface area contributed by atoms with Crippen molar-refractivity contribution in [1.29, 1.82) is 0 Å². The molecule has 3 N–H and O–H groups in total. The highest BCUT2D eigenvalue weighted by Crippen LogP contribution is 2.16. The number of esters is 1. The van der Waals surface area contributed by atoms with Gasteiger partial charge in [0.05, 0.1) is 0 Å². The number of nitrogens with one attached hydrogen (secondary N) is 1. The van der Waals surface area contributed by atoms with Crippen molar-refractivity contribution >= 4 is 33.6 Å². The van der Waals surface area contributed by atoms with Crippen LogP contribution in [0.2, 0.25) is 0 Å². The zero-order valence-corrected chi connectivity index (χ0v) is 11.4. The van der Waals surface area contributed by atoms with Crippen LogP contribution < -0.4 is 15.8 Å². The lowest BCUT2D eigenvalue weighted by Gasteiger charge is -2.05. The van der Waals surface area contributed by atoms with E-state index in [1.807, 2.05) is 0 Å². The Morgan fingerprint density at radius 3 is 2.44 bits per heavy atom. The zero-order chi connectivity index (χ0) is 13.4. The summed E-state index contributed by atoms with van der Waals surface area (Å²) in [5.41, 5.74) is 5.53. The first kappa shape index (κ1) is 14.5. The monoisotopic (exact) mass is 314 g/mol. The van der Waals surface area contributed by atoms with E-state index in [4.69, 9.17) is 10.5 Å². The molecule has 1 aromatic rings. The van der Waals surface area contributed by atoms with Gasteiger partial charge in [-0.3, -0.25) is 4.79 Å². The lowest BCUT2D eigenvalue weighted by atomic mass is 10.2. The van der Waals surface area contributed by atoms with Gasteiger partial charge in [0.25, 0.3) is 0 Å². The summed E-state index contributed by atoms with van der Waals surface area (Å²) >= 11 is 3.30. The lowest BCUT2D eigenvalue weighted by Crippen LogP contribution is -2.19. The topological polar surface area (TPSA) is 81.4 Å². The van der Waals surface area contributed by atoms with E-state index in [1.165, 1.54) is 0 Å². The molecule has 0 bridgehead atoms. The van der Waals surface area contributed by atoms with Gasteiger partial charge in [-0.25, -0.2) is 4.79 Å². The minimum atomic E-state index is -0.630. The number of nitrogens with two attached hydrogens (primary N) is 1. The molecule has 2 amide bonds. The second-order valence-electron chi connectivity index (χ2n) is 3.63. The van der Waals surface area contributed by atoms with Gasteiger partial charge in [0.15, 0.2) is 0 Å². The van der Waals surface area contributed by atoms with Gasteiger partial charge >= 0.3 is 12.0 Å². The number of ether oxygens (including phenoxy) is 1. The molecule has 1 aromatic carbocycles. The fraction of sp³-hybridized carbons (Fsp3) is 0.333. The van der Waals surface area contributed by atoms with Gasteiger partial charge in [-0.2, -0.15) is 0 Å². The molecule has 0 saturated carbocycles. The third kappa shape index (κ3) is 5.67. The van der Waals surface area contributed by atoms with Gasteiger partial charge in [-0.1, -0.05) is 15.9 Å². The van der Waals surface area contributed by atoms with E-state index in [0.29, 0.717) is 17.9 Å².